The predicted molar refractivity (Wildman–Crippen MR) is 88.3 cm³/mol. The van der Waals surface area contributed by atoms with E-state index < -0.39 is 16.3 Å². The van der Waals surface area contributed by atoms with Crippen LogP contribution in [0.2, 0.25) is 0 Å². The van der Waals surface area contributed by atoms with Crippen LogP contribution in [-0.4, -0.2) is 61.9 Å². The minimum atomic E-state index is -3.47. The normalized spacial score (nSPS) is 24.6. The Hall–Kier alpha value is -0.860. The summed E-state index contributed by atoms with van der Waals surface area (Å²) in [6, 6.07) is -0.0792. The lowest BCUT2D eigenvalue weighted by Gasteiger charge is -2.38. The molecule has 2 fully saturated rings. The minimum Gasteiger partial charge on any atom is -0.450 e. The van der Waals surface area contributed by atoms with Crippen LogP contribution >= 0.6 is 0 Å². The van der Waals surface area contributed by atoms with Gasteiger partial charge in [0.05, 0.1) is 6.61 Å². The molecule has 1 saturated carbocycles. The van der Waals surface area contributed by atoms with Gasteiger partial charge in [-0.05, 0) is 32.6 Å². The largest absolute Gasteiger partial charge is 0.450 e. The number of carbonyl (C=O) groups excluding carboxylic acids is 1. The van der Waals surface area contributed by atoms with Gasteiger partial charge in [-0.15, -0.1) is 0 Å². The molecule has 1 aliphatic heterocycles. The summed E-state index contributed by atoms with van der Waals surface area (Å²) in [5, 5.41) is 2.75. The molecule has 0 aromatic rings. The minimum absolute atomic E-state index is 0.104. The molecule has 0 bridgehead atoms. The molecular formula is C15H29N3O4S. The molecule has 2 aliphatic rings. The fourth-order valence-electron chi connectivity index (χ4n) is 3.42. The van der Waals surface area contributed by atoms with Crippen molar-refractivity contribution in [3.8, 4) is 0 Å². The summed E-state index contributed by atoms with van der Waals surface area (Å²) >= 11 is 0. The van der Waals surface area contributed by atoms with E-state index in [4.69, 9.17) is 4.74 Å². The zero-order chi connectivity index (χ0) is 16.9. The van der Waals surface area contributed by atoms with Gasteiger partial charge in [0.1, 0.15) is 0 Å². The number of nitrogens with one attached hydrogen (secondary N) is 1. The lowest BCUT2D eigenvalue weighted by atomic mass is 9.96. The van der Waals surface area contributed by atoms with Crippen molar-refractivity contribution in [1.82, 2.24) is 13.9 Å². The summed E-state index contributed by atoms with van der Waals surface area (Å²) in [4.78, 5) is 11.5. The maximum atomic E-state index is 12.8. The summed E-state index contributed by atoms with van der Waals surface area (Å²) in [6.45, 7) is 2.89. The highest BCUT2D eigenvalue weighted by atomic mass is 32.2. The number of carbonyl (C=O) groups is 1. The first kappa shape index (κ1) is 18.5. The van der Waals surface area contributed by atoms with Gasteiger partial charge < -0.3 is 10.1 Å². The van der Waals surface area contributed by atoms with Crippen molar-refractivity contribution in [3.05, 3.63) is 0 Å². The van der Waals surface area contributed by atoms with Crippen LogP contribution < -0.4 is 5.32 Å². The summed E-state index contributed by atoms with van der Waals surface area (Å²) in [7, 11) is -1.78. The van der Waals surface area contributed by atoms with Crippen molar-refractivity contribution >= 4 is 16.3 Å². The molecule has 2 rings (SSSR count). The van der Waals surface area contributed by atoms with Crippen LogP contribution in [0.4, 0.5) is 4.79 Å². The van der Waals surface area contributed by atoms with Gasteiger partial charge in [0, 0.05) is 32.2 Å². The fourth-order valence-corrected chi connectivity index (χ4v) is 5.10. The van der Waals surface area contributed by atoms with E-state index in [0.29, 0.717) is 19.7 Å². The Morgan fingerprint density at radius 2 is 1.91 bits per heavy atom. The summed E-state index contributed by atoms with van der Waals surface area (Å²) in [5.74, 6) is 0. The Kier molecular flexibility index (Phi) is 6.67. The van der Waals surface area contributed by atoms with Crippen molar-refractivity contribution in [2.45, 2.75) is 64.0 Å². The number of nitrogens with zero attached hydrogens (tertiary/aromatic N) is 2. The number of ether oxygens (including phenoxy) is 1. The highest BCUT2D eigenvalue weighted by Gasteiger charge is 2.35. The van der Waals surface area contributed by atoms with E-state index in [0.717, 1.165) is 38.5 Å². The number of rotatable bonds is 5. The van der Waals surface area contributed by atoms with Crippen LogP contribution in [0.1, 0.15) is 51.9 Å². The first-order valence-corrected chi connectivity index (χ1v) is 10.0. The van der Waals surface area contributed by atoms with E-state index in [-0.39, 0.29) is 12.1 Å². The lowest BCUT2D eigenvalue weighted by molar-refractivity contribution is 0.141. The van der Waals surface area contributed by atoms with Gasteiger partial charge in [-0.3, -0.25) is 0 Å². The number of alkyl carbamates (subject to hydrolysis) is 1. The van der Waals surface area contributed by atoms with Crippen molar-refractivity contribution in [1.29, 1.82) is 0 Å². The smallest absolute Gasteiger partial charge is 0.407 e. The Balaban J connectivity index is 1.96. The fraction of sp³-hybridized carbons (Fsp3) is 0.933. The number of hydrogen-bond acceptors (Lipinski definition) is 4. The summed E-state index contributed by atoms with van der Waals surface area (Å²) in [5.41, 5.74) is 0. The van der Waals surface area contributed by atoms with Gasteiger partial charge in [-0.25, -0.2) is 4.79 Å². The van der Waals surface area contributed by atoms with Gasteiger partial charge in [0.25, 0.3) is 10.2 Å². The van der Waals surface area contributed by atoms with E-state index in [1.165, 1.54) is 10.7 Å². The van der Waals surface area contributed by atoms with Crippen LogP contribution in [0, 0.1) is 0 Å². The lowest BCUT2D eigenvalue weighted by Crippen LogP contribution is -2.54. The third-order valence-electron chi connectivity index (χ3n) is 4.76. The number of piperidine rings is 1. The average molecular weight is 347 g/mol. The first-order chi connectivity index (χ1) is 10.9. The molecule has 1 atom stereocenters. The maximum Gasteiger partial charge on any atom is 0.407 e. The zero-order valence-electron chi connectivity index (χ0n) is 14.2. The SMILES string of the molecule is CCOC(=O)N[C@H]1CCCN(S(=O)(=O)N(C)C2CCCCC2)C1. The summed E-state index contributed by atoms with van der Waals surface area (Å²) in [6.07, 6.45) is 6.31. The highest BCUT2D eigenvalue weighted by molar-refractivity contribution is 7.86. The quantitative estimate of drug-likeness (QED) is 0.821. The van der Waals surface area contributed by atoms with Crippen molar-refractivity contribution in [3.63, 3.8) is 0 Å². The van der Waals surface area contributed by atoms with Crippen molar-refractivity contribution in [2.75, 3.05) is 26.7 Å². The van der Waals surface area contributed by atoms with Gasteiger partial charge in [0.2, 0.25) is 0 Å². The molecule has 7 nitrogen and oxygen atoms in total. The second-order valence-corrected chi connectivity index (χ2v) is 8.37. The van der Waals surface area contributed by atoms with Gasteiger partial charge in [-0.2, -0.15) is 17.0 Å². The Morgan fingerprint density at radius 3 is 2.57 bits per heavy atom. The molecular weight excluding hydrogens is 318 g/mol. The van der Waals surface area contributed by atoms with E-state index in [1.807, 2.05) is 0 Å². The molecule has 0 unspecified atom stereocenters. The molecule has 134 valence electrons. The topological polar surface area (TPSA) is 79.0 Å². The monoisotopic (exact) mass is 347 g/mol. The molecule has 0 aromatic carbocycles. The Labute approximate surface area is 139 Å². The third-order valence-corrected chi connectivity index (χ3v) is 6.77. The second kappa shape index (κ2) is 8.30. The van der Waals surface area contributed by atoms with Crippen LogP contribution in [-0.2, 0) is 14.9 Å². The van der Waals surface area contributed by atoms with E-state index in [9.17, 15) is 13.2 Å². The van der Waals surface area contributed by atoms with Crippen molar-refractivity contribution < 1.29 is 17.9 Å². The average Bonchev–Trinajstić information content (AvgIpc) is 2.55. The first-order valence-electron chi connectivity index (χ1n) is 8.61. The van der Waals surface area contributed by atoms with E-state index >= 15 is 0 Å². The van der Waals surface area contributed by atoms with Crippen molar-refractivity contribution in [2.24, 2.45) is 0 Å². The Bertz CT molecular complexity index is 491. The second-order valence-electron chi connectivity index (χ2n) is 6.38. The van der Waals surface area contributed by atoms with Crippen LogP contribution in [0.25, 0.3) is 0 Å². The zero-order valence-corrected chi connectivity index (χ0v) is 15.0. The standard InChI is InChI=1S/C15H29N3O4S/c1-3-22-15(19)16-13-8-7-11-18(12-13)23(20,21)17(2)14-9-5-4-6-10-14/h13-14H,3-12H2,1-2H3,(H,16,19)/t13-/m0/s1. The molecule has 1 heterocycles. The molecule has 0 radical (unpaired) electrons. The van der Waals surface area contributed by atoms with Crippen LogP contribution in [0.5, 0.6) is 0 Å². The van der Waals surface area contributed by atoms with E-state index in [1.54, 1.807) is 18.3 Å². The molecule has 1 N–H and O–H groups in total. The third kappa shape index (κ3) is 4.81. The van der Waals surface area contributed by atoms with Crippen LogP contribution in [0.3, 0.4) is 0 Å². The molecule has 0 spiro atoms. The highest BCUT2D eigenvalue weighted by Crippen LogP contribution is 2.26. The van der Waals surface area contributed by atoms with Gasteiger partial charge in [-0.1, -0.05) is 19.3 Å². The van der Waals surface area contributed by atoms with Crippen LogP contribution in [0.15, 0.2) is 0 Å². The molecule has 1 saturated heterocycles. The number of hydrogen-bond donors (Lipinski definition) is 1. The van der Waals surface area contributed by atoms with Gasteiger partial charge in [0.15, 0.2) is 0 Å². The maximum absolute atomic E-state index is 12.8. The molecule has 23 heavy (non-hydrogen) atoms. The van der Waals surface area contributed by atoms with E-state index in [2.05, 4.69) is 5.32 Å². The van der Waals surface area contributed by atoms with Gasteiger partial charge >= 0.3 is 6.09 Å². The molecule has 0 aromatic heterocycles. The summed E-state index contributed by atoms with van der Waals surface area (Å²) < 4.78 is 33.6. The predicted octanol–water partition coefficient (Wildman–Crippen LogP) is 1.71. The molecule has 1 amide bonds. The Morgan fingerprint density at radius 1 is 1.22 bits per heavy atom. The molecule has 8 heteroatoms. The number of amides is 1. The molecule has 1 aliphatic carbocycles.